The summed E-state index contributed by atoms with van der Waals surface area (Å²) in [6.45, 7) is 2.17. The predicted octanol–water partition coefficient (Wildman–Crippen LogP) is 4.70. The summed E-state index contributed by atoms with van der Waals surface area (Å²) < 4.78 is 0. The molecule has 1 aliphatic heterocycles. The van der Waals surface area contributed by atoms with Gasteiger partial charge in [-0.3, -0.25) is 9.59 Å². The number of nitrogens with zero attached hydrogens (tertiary/aromatic N) is 1. The van der Waals surface area contributed by atoms with Gasteiger partial charge in [0.1, 0.15) is 0 Å². The lowest BCUT2D eigenvalue weighted by atomic mass is 9.64. The van der Waals surface area contributed by atoms with Crippen LogP contribution < -0.4 is 5.32 Å². The molecule has 1 aliphatic carbocycles. The second kappa shape index (κ2) is 8.58. The Hall–Kier alpha value is -2.33. The van der Waals surface area contributed by atoms with E-state index in [1.165, 1.54) is 6.42 Å². The van der Waals surface area contributed by atoms with Gasteiger partial charge in [0.2, 0.25) is 5.91 Å². The van der Waals surface area contributed by atoms with Crippen LogP contribution in [0.3, 0.4) is 0 Å². The van der Waals surface area contributed by atoms with Crippen molar-refractivity contribution >= 4 is 23.4 Å². The van der Waals surface area contributed by atoms with Crippen LogP contribution in [0.4, 0.5) is 0 Å². The van der Waals surface area contributed by atoms with E-state index in [0.717, 1.165) is 61.9 Å². The van der Waals surface area contributed by atoms with E-state index in [4.69, 9.17) is 11.6 Å². The van der Waals surface area contributed by atoms with Crippen molar-refractivity contribution in [2.45, 2.75) is 50.5 Å². The number of carbonyl (C=O) groups excluding carboxylic acids is 2. The van der Waals surface area contributed by atoms with E-state index in [9.17, 15) is 9.59 Å². The molecule has 1 heterocycles. The molecule has 0 unspecified atom stereocenters. The molecule has 2 aromatic rings. The number of amides is 2. The molecule has 0 bridgehead atoms. The minimum absolute atomic E-state index is 0.0690. The second-order valence-corrected chi connectivity index (χ2v) is 8.61. The van der Waals surface area contributed by atoms with Crippen LogP contribution in [0, 0.1) is 0 Å². The zero-order chi connectivity index (χ0) is 20.3. The number of halogens is 1. The Morgan fingerprint density at radius 2 is 1.55 bits per heavy atom. The van der Waals surface area contributed by atoms with Gasteiger partial charge in [0.05, 0.1) is 5.41 Å². The third-order valence-corrected chi connectivity index (χ3v) is 6.59. The maximum absolute atomic E-state index is 13.0. The van der Waals surface area contributed by atoms with E-state index in [1.807, 2.05) is 53.4 Å². The molecular weight excluding hydrogens is 384 g/mol. The fraction of sp³-hybridized carbons (Fsp3) is 0.417. The normalized spacial score (nSPS) is 18.0. The maximum Gasteiger partial charge on any atom is 0.253 e. The topological polar surface area (TPSA) is 49.4 Å². The number of rotatable bonds is 5. The van der Waals surface area contributed by atoms with Crippen LogP contribution in [-0.2, 0) is 16.8 Å². The zero-order valence-corrected chi connectivity index (χ0v) is 17.4. The van der Waals surface area contributed by atoms with Crippen molar-refractivity contribution < 1.29 is 9.59 Å². The van der Waals surface area contributed by atoms with E-state index >= 15 is 0 Å². The highest BCUT2D eigenvalue weighted by molar-refractivity contribution is 6.30. The van der Waals surface area contributed by atoms with Gasteiger partial charge >= 0.3 is 0 Å². The molecule has 0 aromatic heterocycles. The Morgan fingerprint density at radius 1 is 0.897 bits per heavy atom. The highest BCUT2D eigenvalue weighted by Crippen LogP contribution is 2.44. The van der Waals surface area contributed by atoms with Gasteiger partial charge in [0.25, 0.3) is 5.91 Å². The van der Waals surface area contributed by atoms with E-state index in [-0.39, 0.29) is 11.8 Å². The third-order valence-electron chi connectivity index (χ3n) is 6.34. The van der Waals surface area contributed by atoms with E-state index in [2.05, 4.69) is 5.32 Å². The first-order chi connectivity index (χ1) is 14.1. The number of carbonyl (C=O) groups is 2. The van der Waals surface area contributed by atoms with Crippen molar-refractivity contribution in [2.24, 2.45) is 0 Å². The van der Waals surface area contributed by atoms with Crippen molar-refractivity contribution in [3.05, 3.63) is 70.2 Å². The molecule has 2 aliphatic rings. The monoisotopic (exact) mass is 410 g/mol. The van der Waals surface area contributed by atoms with Crippen molar-refractivity contribution in [3.63, 3.8) is 0 Å². The van der Waals surface area contributed by atoms with E-state index in [0.29, 0.717) is 11.6 Å². The second-order valence-electron chi connectivity index (χ2n) is 8.18. The molecule has 5 heteroatoms. The smallest absolute Gasteiger partial charge is 0.253 e. The quantitative estimate of drug-likeness (QED) is 0.776. The molecule has 29 heavy (non-hydrogen) atoms. The lowest BCUT2D eigenvalue weighted by molar-refractivity contribution is -0.130. The molecule has 2 aromatic carbocycles. The first-order valence-electron chi connectivity index (χ1n) is 10.5. The molecule has 0 spiro atoms. The Labute approximate surface area is 177 Å². The summed E-state index contributed by atoms with van der Waals surface area (Å²) in [5, 5.41) is 3.78. The van der Waals surface area contributed by atoms with E-state index in [1.54, 1.807) is 0 Å². The summed E-state index contributed by atoms with van der Waals surface area (Å²) in [6.07, 6.45) is 6.17. The van der Waals surface area contributed by atoms with Crippen LogP contribution >= 0.6 is 11.6 Å². The van der Waals surface area contributed by atoms with Crippen molar-refractivity contribution in [3.8, 4) is 0 Å². The van der Waals surface area contributed by atoms with Gasteiger partial charge in [0, 0.05) is 30.2 Å². The molecule has 0 radical (unpaired) electrons. The summed E-state index contributed by atoms with van der Waals surface area (Å²) >= 11 is 6.00. The zero-order valence-electron chi connectivity index (χ0n) is 16.6. The van der Waals surface area contributed by atoms with Crippen molar-refractivity contribution in [1.29, 1.82) is 0 Å². The lowest BCUT2D eigenvalue weighted by Crippen LogP contribution is -2.48. The van der Waals surface area contributed by atoms with Gasteiger partial charge in [-0.05, 0) is 67.5 Å². The van der Waals surface area contributed by atoms with Crippen LogP contribution in [0.2, 0.25) is 5.02 Å². The summed E-state index contributed by atoms with van der Waals surface area (Å²) in [5.74, 6) is 0.177. The van der Waals surface area contributed by atoms with Crippen LogP contribution in [0.5, 0.6) is 0 Å². The molecule has 152 valence electrons. The molecule has 4 rings (SSSR count). The highest BCUT2D eigenvalue weighted by Gasteiger charge is 2.45. The van der Waals surface area contributed by atoms with Crippen molar-refractivity contribution in [1.82, 2.24) is 10.2 Å². The molecule has 0 atom stereocenters. The molecule has 2 fully saturated rings. The number of piperidine rings is 1. The first kappa shape index (κ1) is 20.0. The Morgan fingerprint density at radius 3 is 2.14 bits per heavy atom. The van der Waals surface area contributed by atoms with Gasteiger partial charge in [-0.15, -0.1) is 0 Å². The molecule has 2 amide bonds. The maximum atomic E-state index is 13.0. The molecular formula is C24H27ClN2O2. The van der Waals surface area contributed by atoms with Crippen LogP contribution in [0.15, 0.2) is 48.5 Å². The highest BCUT2D eigenvalue weighted by atomic mass is 35.5. The van der Waals surface area contributed by atoms with Gasteiger partial charge < -0.3 is 10.2 Å². The predicted molar refractivity (Wildman–Crippen MR) is 115 cm³/mol. The van der Waals surface area contributed by atoms with Gasteiger partial charge in [0.15, 0.2) is 0 Å². The average molecular weight is 411 g/mol. The fourth-order valence-electron chi connectivity index (χ4n) is 4.34. The molecule has 4 nitrogen and oxygen atoms in total. The number of likely N-dealkylation sites (tertiary alicyclic amines) is 1. The number of hydrogen-bond acceptors (Lipinski definition) is 2. The van der Waals surface area contributed by atoms with Gasteiger partial charge in [-0.1, -0.05) is 42.3 Å². The fourth-order valence-corrected chi connectivity index (χ4v) is 4.47. The van der Waals surface area contributed by atoms with Crippen molar-refractivity contribution in [2.75, 3.05) is 13.1 Å². The first-order valence-corrected chi connectivity index (χ1v) is 10.9. The molecule has 1 saturated heterocycles. The largest absolute Gasteiger partial charge is 0.351 e. The van der Waals surface area contributed by atoms with Crippen LogP contribution in [-0.4, -0.2) is 29.8 Å². The third kappa shape index (κ3) is 4.18. The summed E-state index contributed by atoms with van der Waals surface area (Å²) in [7, 11) is 0. The van der Waals surface area contributed by atoms with Crippen LogP contribution in [0.25, 0.3) is 0 Å². The average Bonchev–Trinajstić information content (AvgIpc) is 2.73. The Balaban J connectivity index is 1.37. The molecule has 1 N–H and O–H groups in total. The summed E-state index contributed by atoms with van der Waals surface area (Å²) in [4.78, 5) is 27.5. The Kier molecular flexibility index (Phi) is 5.91. The minimum atomic E-state index is -0.436. The Bertz CT molecular complexity index is 867. The number of hydrogen-bond donors (Lipinski definition) is 1. The number of nitrogens with one attached hydrogen (secondary N) is 1. The summed E-state index contributed by atoms with van der Waals surface area (Å²) in [6, 6.07) is 15.2. The van der Waals surface area contributed by atoms with Gasteiger partial charge in [-0.25, -0.2) is 0 Å². The van der Waals surface area contributed by atoms with E-state index < -0.39 is 5.41 Å². The molecule has 1 saturated carbocycles. The number of benzene rings is 2. The van der Waals surface area contributed by atoms with Gasteiger partial charge in [-0.2, -0.15) is 0 Å². The minimum Gasteiger partial charge on any atom is -0.351 e. The van der Waals surface area contributed by atoms with Crippen LogP contribution in [0.1, 0.15) is 60.0 Å². The standard InChI is InChI=1S/C24H27ClN2O2/c25-21-11-9-20(10-12-21)24(13-4-14-24)23(29)26-17-18-5-7-19(8-6-18)22(28)27-15-2-1-3-16-27/h5-12H,1-4,13-17H2,(H,26,29). The lowest BCUT2D eigenvalue weighted by Gasteiger charge is -2.40. The SMILES string of the molecule is O=C(c1ccc(CNC(=O)C2(c3ccc(Cl)cc3)CCC2)cc1)N1CCCCC1. The summed E-state index contributed by atoms with van der Waals surface area (Å²) in [5.41, 5.74) is 2.32.